The summed E-state index contributed by atoms with van der Waals surface area (Å²) in [5.74, 6) is -1.20. The SMILES string of the molecule is CC(C)OC(=O)c1nnn(C(C)C(=O)OC(C)C)c1N. The summed E-state index contributed by atoms with van der Waals surface area (Å²) in [6.45, 7) is 8.46. The number of rotatable bonds is 5. The zero-order chi connectivity index (χ0) is 15.4. The van der Waals surface area contributed by atoms with Crippen LogP contribution in [0.2, 0.25) is 0 Å². The molecule has 112 valence electrons. The van der Waals surface area contributed by atoms with Crippen molar-refractivity contribution >= 4 is 17.8 Å². The van der Waals surface area contributed by atoms with Gasteiger partial charge in [-0.2, -0.15) is 0 Å². The molecule has 1 heterocycles. The second kappa shape index (κ2) is 6.36. The summed E-state index contributed by atoms with van der Waals surface area (Å²) in [5, 5.41) is 7.37. The summed E-state index contributed by atoms with van der Waals surface area (Å²) in [4.78, 5) is 23.5. The summed E-state index contributed by atoms with van der Waals surface area (Å²) >= 11 is 0. The molecule has 1 rings (SSSR count). The van der Waals surface area contributed by atoms with E-state index in [1.54, 1.807) is 34.6 Å². The number of ether oxygens (including phenoxy) is 2. The van der Waals surface area contributed by atoms with E-state index in [2.05, 4.69) is 10.3 Å². The average molecular weight is 284 g/mol. The van der Waals surface area contributed by atoms with Crippen LogP contribution in [0, 0.1) is 0 Å². The molecule has 1 unspecified atom stereocenters. The largest absolute Gasteiger partial charge is 0.461 e. The van der Waals surface area contributed by atoms with Gasteiger partial charge in [-0.15, -0.1) is 5.10 Å². The van der Waals surface area contributed by atoms with Crippen molar-refractivity contribution in [3.8, 4) is 0 Å². The first kappa shape index (κ1) is 15.9. The molecule has 0 aliphatic heterocycles. The van der Waals surface area contributed by atoms with E-state index in [9.17, 15) is 9.59 Å². The van der Waals surface area contributed by atoms with Crippen molar-refractivity contribution in [2.45, 2.75) is 52.9 Å². The van der Waals surface area contributed by atoms with Gasteiger partial charge in [-0.3, -0.25) is 0 Å². The summed E-state index contributed by atoms with van der Waals surface area (Å²) < 4.78 is 11.2. The topological polar surface area (TPSA) is 109 Å². The second-order valence-electron chi connectivity index (χ2n) is 4.88. The van der Waals surface area contributed by atoms with Crippen LogP contribution in [0.25, 0.3) is 0 Å². The van der Waals surface area contributed by atoms with E-state index in [0.29, 0.717) is 0 Å². The molecule has 0 aromatic carbocycles. The molecule has 0 bridgehead atoms. The third-order valence-electron chi connectivity index (χ3n) is 2.33. The second-order valence-corrected chi connectivity index (χ2v) is 4.88. The molecule has 0 saturated heterocycles. The van der Waals surface area contributed by atoms with Crippen LogP contribution in [-0.2, 0) is 14.3 Å². The van der Waals surface area contributed by atoms with Gasteiger partial charge in [0.05, 0.1) is 12.2 Å². The molecule has 1 atom stereocenters. The first-order valence-electron chi connectivity index (χ1n) is 6.36. The number of esters is 2. The maximum atomic E-state index is 11.8. The highest BCUT2D eigenvalue weighted by Gasteiger charge is 2.26. The highest BCUT2D eigenvalue weighted by Crippen LogP contribution is 2.17. The van der Waals surface area contributed by atoms with Crippen LogP contribution in [0.1, 0.15) is 51.1 Å². The number of carbonyl (C=O) groups excluding carboxylic acids is 2. The van der Waals surface area contributed by atoms with Crippen molar-refractivity contribution in [2.24, 2.45) is 0 Å². The van der Waals surface area contributed by atoms with Crippen LogP contribution in [-0.4, -0.2) is 39.1 Å². The van der Waals surface area contributed by atoms with Crippen LogP contribution in [0.15, 0.2) is 0 Å². The van der Waals surface area contributed by atoms with E-state index < -0.39 is 18.0 Å². The number of anilines is 1. The van der Waals surface area contributed by atoms with Gasteiger partial charge in [-0.1, -0.05) is 5.21 Å². The maximum absolute atomic E-state index is 11.8. The minimum Gasteiger partial charge on any atom is -0.461 e. The summed E-state index contributed by atoms with van der Waals surface area (Å²) in [7, 11) is 0. The van der Waals surface area contributed by atoms with Crippen molar-refractivity contribution in [1.82, 2.24) is 15.0 Å². The van der Waals surface area contributed by atoms with Gasteiger partial charge < -0.3 is 15.2 Å². The van der Waals surface area contributed by atoms with Crippen molar-refractivity contribution in [3.63, 3.8) is 0 Å². The summed E-state index contributed by atoms with van der Waals surface area (Å²) in [6.07, 6.45) is -0.546. The first-order valence-corrected chi connectivity index (χ1v) is 6.36. The van der Waals surface area contributed by atoms with Crippen molar-refractivity contribution in [2.75, 3.05) is 5.73 Å². The smallest absolute Gasteiger partial charge is 0.363 e. The number of nitrogen functional groups attached to an aromatic ring is 1. The molecular weight excluding hydrogens is 264 g/mol. The first-order chi connectivity index (χ1) is 9.23. The Morgan fingerprint density at radius 3 is 2.15 bits per heavy atom. The van der Waals surface area contributed by atoms with Gasteiger partial charge in [0.15, 0.2) is 11.9 Å². The van der Waals surface area contributed by atoms with Gasteiger partial charge in [0.25, 0.3) is 0 Å². The number of carbonyl (C=O) groups is 2. The third-order valence-corrected chi connectivity index (χ3v) is 2.33. The lowest BCUT2D eigenvalue weighted by atomic mass is 10.3. The predicted molar refractivity (Wildman–Crippen MR) is 70.9 cm³/mol. The maximum Gasteiger partial charge on any atom is 0.363 e. The Kier molecular flexibility index (Phi) is 5.06. The lowest BCUT2D eigenvalue weighted by Gasteiger charge is -2.14. The molecule has 0 radical (unpaired) electrons. The molecule has 0 amide bonds. The highest BCUT2D eigenvalue weighted by atomic mass is 16.5. The van der Waals surface area contributed by atoms with Gasteiger partial charge in [0, 0.05) is 0 Å². The fourth-order valence-corrected chi connectivity index (χ4v) is 1.43. The van der Waals surface area contributed by atoms with Crippen LogP contribution >= 0.6 is 0 Å². The lowest BCUT2D eigenvalue weighted by Crippen LogP contribution is -2.24. The van der Waals surface area contributed by atoms with E-state index in [0.717, 1.165) is 4.68 Å². The Hall–Kier alpha value is -2.12. The van der Waals surface area contributed by atoms with E-state index in [4.69, 9.17) is 15.2 Å². The van der Waals surface area contributed by atoms with Gasteiger partial charge in [0.2, 0.25) is 5.69 Å². The van der Waals surface area contributed by atoms with Crippen LogP contribution in [0.3, 0.4) is 0 Å². The van der Waals surface area contributed by atoms with Gasteiger partial charge in [-0.25, -0.2) is 14.3 Å². The molecule has 8 heteroatoms. The zero-order valence-electron chi connectivity index (χ0n) is 12.3. The van der Waals surface area contributed by atoms with E-state index >= 15 is 0 Å². The molecule has 0 aliphatic carbocycles. The monoisotopic (exact) mass is 284 g/mol. The molecule has 2 N–H and O–H groups in total. The Bertz CT molecular complexity index is 496. The lowest BCUT2D eigenvalue weighted by molar-refractivity contribution is -0.151. The molecule has 1 aromatic heterocycles. The fourth-order valence-electron chi connectivity index (χ4n) is 1.43. The quantitative estimate of drug-likeness (QED) is 0.801. The van der Waals surface area contributed by atoms with E-state index in [1.165, 1.54) is 0 Å². The Labute approximate surface area is 117 Å². The van der Waals surface area contributed by atoms with E-state index in [-0.39, 0.29) is 23.7 Å². The fraction of sp³-hybridized carbons (Fsp3) is 0.667. The molecule has 20 heavy (non-hydrogen) atoms. The van der Waals surface area contributed by atoms with Gasteiger partial charge in [0.1, 0.15) is 0 Å². The number of hydrogen-bond donors (Lipinski definition) is 1. The average Bonchev–Trinajstić information content (AvgIpc) is 2.68. The Morgan fingerprint density at radius 2 is 1.65 bits per heavy atom. The zero-order valence-corrected chi connectivity index (χ0v) is 12.3. The number of nitrogens with two attached hydrogens (primary N) is 1. The standard InChI is InChI=1S/C12H20N4O4/c1-6(2)19-11(17)8(5)16-10(13)9(14-15-16)12(18)20-7(3)4/h6-8H,13H2,1-5H3. The normalized spacial score (nSPS) is 12.6. The number of nitrogens with zero attached hydrogens (tertiary/aromatic N) is 3. The number of hydrogen-bond acceptors (Lipinski definition) is 7. The molecule has 0 spiro atoms. The minimum atomic E-state index is -0.773. The Morgan fingerprint density at radius 1 is 1.10 bits per heavy atom. The highest BCUT2D eigenvalue weighted by molar-refractivity contribution is 5.92. The Balaban J connectivity index is 2.91. The van der Waals surface area contributed by atoms with Crippen molar-refractivity contribution in [1.29, 1.82) is 0 Å². The number of aromatic nitrogens is 3. The molecule has 0 aliphatic rings. The molecule has 0 saturated carbocycles. The van der Waals surface area contributed by atoms with Gasteiger partial charge >= 0.3 is 11.9 Å². The summed E-state index contributed by atoms with van der Waals surface area (Å²) in [6, 6.07) is -0.773. The predicted octanol–water partition coefficient (Wildman–Crippen LogP) is 0.938. The third kappa shape index (κ3) is 3.69. The van der Waals surface area contributed by atoms with E-state index in [1.807, 2.05) is 0 Å². The van der Waals surface area contributed by atoms with Crippen LogP contribution in [0.5, 0.6) is 0 Å². The van der Waals surface area contributed by atoms with Crippen LogP contribution in [0.4, 0.5) is 5.82 Å². The van der Waals surface area contributed by atoms with Crippen LogP contribution < -0.4 is 5.73 Å². The molecule has 8 nitrogen and oxygen atoms in total. The summed E-state index contributed by atoms with van der Waals surface area (Å²) in [5.41, 5.74) is 5.67. The van der Waals surface area contributed by atoms with Crippen molar-refractivity contribution < 1.29 is 19.1 Å². The molecule has 0 fully saturated rings. The minimum absolute atomic E-state index is 0.0242. The van der Waals surface area contributed by atoms with Gasteiger partial charge in [-0.05, 0) is 34.6 Å². The van der Waals surface area contributed by atoms with Crippen molar-refractivity contribution in [3.05, 3.63) is 5.69 Å². The molecule has 1 aromatic rings. The molecular formula is C12H20N4O4.